The number of fused-ring (bicyclic) bond motifs is 2. The van der Waals surface area contributed by atoms with E-state index in [1.807, 2.05) is 63.2 Å². The highest BCUT2D eigenvalue weighted by molar-refractivity contribution is 5.97. The molecule has 4 aromatic heterocycles. The Morgan fingerprint density at radius 1 is 0.978 bits per heavy atom. The molecule has 0 spiro atoms. The standard InChI is InChI=1S/C35H35FN8O2/c1-35(2,3)34(45)38-24-16-22(19-37-20-24)27-9-10-29-31(39-27)32(43-42-29)33-40-28-8-6-7-26(30(28)41-33)21-15-23(36)18-25(17-21)46-14-13-44-11-4-5-12-44/h6-10,15-20H,4-5,11-14H2,1-3H3,(H,38,45)(H,40,41)(H,42,43). The first-order valence-corrected chi connectivity index (χ1v) is 15.5. The van der Waals surface area contributed by atoms with Crippen molar-refractivity contribution in [2.45, 2.75) is 33.6 Å². The van der Waals surface area contributed by atoms with Crippen LogP contribution in [0.15, 0.2) is 67.0 Å². The average molecular weight is 619 g/mol. The van der Waals surface area contributed by atoms with Crippen LogP contribution in [0.5, 0.6) is 5.75 Å². The van der Waals surface area contributed by atoms with Gasteiger partial charge in [-0.15, -0.1) is 0 Å². The van der Waals surface area contributed by atoms with Gasteiger partial charge in [-0.25, -0.2) is 14.4 Å². The second-order valence-corrected chi connectivity index (χ2v) is 12.7. The van der Waals surface area contributed by atoms with Gasteiger partial charge in [-0.1, -0.05) is 32.9 Å². The maximum atomic E-state index is 14.8. The number of anilines is 1. The van der Waals surface area contributed by atoms with Crippen molar-refractivity contribution in [1.82, 2.24) is 35.0 Å². The van der Waals surface area contributed by atoms with Crippen molar-refractivity contribution in [3.63, 3.8) is 0 Å². The van der Waals surface area contributed by atoms with Gasteiger partial charge in [0.25, 0.3) is 0 Å². The molecule has 3 N–H and O–H groups in total. The number of carbonyl (C=O) groups excluding carboxylic acids is 1. The summed E-state index contributed by atoms with van der Waals surface area (Å²) in [5.74, 6) is 0.554. The lowest BCUT2D eigenvalue weighted by Crippen LogP contribution is -2.27. The Bertz CT molecular complexity index is 2060. The molecule has 0 saturated carbocycles. The van der Waals surface area contributed by atoms with E-state index in [0.29, 0.717) is 51.9 Å². The van der Waals surface area contributed by atoms with Gasteiger partial charge in [0.15, 0.2) is 11.5 Å². The van der Waals surface area contributed by atoms with Crippen LogP contribution in [0, 0.1) is 11.2 Å². The molecule has 1 aliphatic rings. The van der Waals surface area contributed by atoms with Crippen molar-refractivity contribution < 1.29 is 13.9 Å². The number of halogens is 1. The van der Waals surface area contributed by atoms with Gasteiger partial charge in [-0.05, 0) is 67.9 Å². The van der Waals surface area contributed by atoms with Crippen LogP contribution in [0.3, 0.4) is 0 Å². The van der Waals surface area contributed by atoms with Gasteiger partial charge in [0.05, 0.1) is 34.1 Å². The number of hydrogen-bond donors (Lipinski definition) is 3. The number of aromatic nitrogens is 6. The zero-order chi connectivity index (χ0) is 31.8. The van der Waals surface area contributed by atoms with Crippen LogP contribution < -0.4 is 10.1 Å². The van der Waals surface area contributed by atoms with Crippen LogP contribution in [0.2, 0.25) is 0 Å². The molecule has 1 fully saturated rings. The number of amides is 1. The fourth-order valence-electron chi connectivity index (χ4n) is 5.67. The number of nitrogens with zero attached hydrogens (tertiary/aromatic N) is 5. The minimum absolute atomic E-state index is 0.101. The molecular formula is C35H35FN8O2. The fourth-order valence-corrected chi connectivity index (χ4v) is 5.67. The number of likely N-dealkylation sites (tertiary alicyclic amines) is 1. The van der Waals surface area contributed by atoms with E-state index < -0.39 is 5.41 Å². The van der Waals surface area contributed by atoms with E-state index in [9.17, 15) is 9.18 Å². The molecule has 0 aliphatic carbocycles. The topological polar surface area (TPSA) is 125 Å². The summed E-state index contributed by atoms with van der Waals surface area (Å²) in [6, 6.07) is 16.2. The molecule has 0 radical (unpaired) electrons. The first-order valence-electron chi connectivity index (χ1n) is 15.5. The van der Waals surface area contributed by atoms with Crippen LogP contribution in [0.1, 0.15) is 33.6 Å². The van der Waals surface area contributed by atoms with Crippen molar-refractivity contribution in [2.75, 3.05) is 31.6 Å². The van der Waals surface area contributed by atoms with Gasteiger partial charge in [0.2, 0.25) is 5.91 Å². The van der Waals surface area contributed by atoms with E-state index in [-0.39, 0.29) is 11.7 Å². The monoisotopic (exact) mass is 618 g/mol. The maximum absolute atomic E-state index is 14.8. The zero-order valence-corrected chi connectivity index (χ0v) is 26.0. The van der Waals surface area contributed by atoms with Gasteiger partial charge in [-0.2, -0.15) is 5.10 Å². The van der Waals surface area contributed by atoms with E-state index in [1.54, 1.807) is 12.4 Å². The molecule has 0 unspecified atom stereocenters. The predicted molar refractivity (Wildman–Crippen MR) is 177 cm³/mol. The number of para-hydroxylation sites is 1. The number of aromatic amines is 2. The number of rotatable bonds is 8. The Hall–Kier alpha value is -5.16. The summed E-state index contributed by atoms with van der Waals surface area (Å²) >= 11 is 0. The molecule has 234 valence electrons. The fraction of sp³-hybridized carbons (Fsp3) is 0.286. The van der Waals surface area contributed by atoms with Gasteiger partial charge < -0.3 is 15.0 Å². The second-order valence-electron chi connectivity index (χ2n) is 12.7. The molecule has 1 saturated heterocycles. The van der Waals surface area contributed by atoms with Gasteiger partial charge in [0.1, 0.15) is 23.7 Å². The molecular weight excluding hydrogens is 583 g/mol. The number of ether oxygens (including phenoxy) is 1. The highest BCUT2D eigenvalue weighted by Crippen LogP contribution is 2.34. The first-order chi connectivity index (χ1) is 22.2. The molecule has 0 atom stereocenters. The maximum Gasteiger partial charge on any atom is 0.229 e. The van der Waals surface area contributed by atoms with Gasteiger partial charge in [0, 0.05) is 35.3 Å². The number of H-pyrrole nitrogens is 2. The molecule has 11 heteroatoms. The van der Waals surface area contributed by atoms with E-state index in [1.165, 1.54) is 25.0 Å². The lowest BCUT2D eigenvalue weighted by Gasteiger charge is -2.17. The van der Waals surface area contributed by atoms with E-state index >= 15 is 0 Å². The number of carbonyl (C=O) groups is 1. The SMILES string of the molecule is CC(C)(C)C(=O)Nc1cncc(-c2ccc3[nH]nc(-c4nc5c(-c6cc(F)cc(OCCN7CCCC7)c6)cccc5[nH]4)c3n2)c1. The Balaban J connectivity index is 1.19. The molecule has 1 aliphatic heterocycles. The Kier molecular flexibility index (Phi) is 7.69. The molecule has 10 nitrogen and oxygen atoms in total. The summed E-state index contributed by atoms with van der Waals surface area (Å²) in [5, 5.41) is 10.5. The van der Waals surface area contributed by atoms with Crippen LogP contribution in [-0.2, 0) is 4.79 Å². The molecule has 1 amide bonds. The minimum Gasteiger partial charge on any atom is -0.492 e. The number of imidazole rings is 1. The largest absolute Gasteiger partial charge is 0.492 e. The first kappa shape index (κ1) is 29.5. The summed E-state index contributed by atoms with van der Waals surface area (Å²) in [6.07, 6.45) is 5.76. The quantitative estimate of drug-likeness (QED) is 0.171. The third kappa shape index (κ3) is 6.05. The summed E-state index contributed by atoms with van der Waals surface area (Å²) in [6.45, 7) is 9.09. The number of nitrogens with one attached hydrogen (secondary N) is 3. The number of hydrogen-bond acceptors (Lipinski definition) is 7. The molecule has 46 heavy (non-hydrogen) atoms. The molecule has 5 heterocycles. The summed E-state index contributed by atoms with van der Waals surface area (Å²) < 4.78 is 20.8. The van der Waals surface area contributed by atoms with Crippen molar-refractivity contribution >= 4 is 33.7 Å². The molecule has 7 rings (SSSR count). The average Bonchev–Trinajstić information content (AvgIpc) is 3.80. The highest BCUT2D eigenvalue weighted by atomic mass is 19.1. The van der Waals surface area contributed by atoms with Crippen LogP contribution in [0.4, 0.5) is 10.1 Å². The lowest BCUT2D eigenvalue weighted by atomic mass is 9.95. The smallest absolute Gasteiger partial charge is 0.229 e. The van der Waals surface area contributed by atoms with E-state index in [0.717, 1.165) is 41.8 Å². The third-order valence-electron chi connectivity index (χ3n) is 8.18. The van der Waals surface area contributed by atoms with Crippen LogP contribution in [-0.4, -0.2) is 67.2 Å². The predicted octanol–water partition coefficient (Wildman–Crippen LogP) is 6.83. The minimum atomic E-state index is -0.539. The number of benzene rings is 2. The van der Waals surface area contributed by atoms with Crippen molar-refractivity contribution in [3.05, 3.63) is 72.8 Å². The zero-order valence-electron chi connectivity index (χ0n) is 26.0. The van der Waals surface area contributed by atoms with Crippen LogP contribution in [0.25, 0.3) is 56.0 Å². The molecule has 0 bridgehead atoms. The van der Waals surface area contributed by atoms with E-state index in [4.69, 9.17) is 14.7 Å². The molecule has 6 aromatic rings. The third-order valence-corrected chi connectivity index (χ3v) is 8.18. The molecule has 2 aromatic carbocycles. The summed E-state index contributed by atoms with van der Waals surface area (Å²) in [4.78, 5) is 32.4. The highest BCUT2D eigenvalue weighted by Gasteiger charge is 2.22. The summed E-state index contributed by atoms with van der Waals surface area (Å²) in [5.41, 5.74) is 6.31. The van der Waals surface area contributed by atoms with Gasteiger partial charge >= 0.3 is 0 Å². The Labute approximate surface area is 265 Å². The van der Waals surface area contributed by atoms with Crippen molar-refractivity contribution in [2.24, 2.45) is 5.41 Å². The number of pyridine rings is 2. The van der Waals surface area contributed by atoms with Crippen LogP contribution >= 0.6 is 0 Å². The lowest BCUT2D eigenvalue weighted by molar-refractivity contribution is -0.123. The Morgan fingerprint density at radius 2 is 1.83 bits per heavy atom. The Morgan fingerprint density at radius 3 is 2.65 bits per heavy atom. The van der Waals surface area contributed by atoms with Crippen molar-refractivity contribution in [3.8, 4) is 39.7 Å². The summed E-state index contributed by atoms with van der Waals surface area (Å²) in [7, 11) is 0. The second kappa shape index (κ2) is 12.0. The normalized spacial score (nSPS) is 13.9. The van der Waals surface area contributed by atoms with E-state index in [2.05, 4.69) is 30.4 Å². The van der Waals surface area contributed by atoms with Gasteiger partial charge in [-0.3, -0.25) is 19.8 Å². The van der Waals surface area contributed by atoms with Crippen molar-refractivity contribution in [1.29, 1.82) is 0 Å².